The van der Waals surface area contributed by atoms with Crippen molar-refractivity contribution in [3.8, 4) is 0 Å². The highest BCUT2D eigenvalue weighted by atomic mass is 32.2. The second-order valence-corrected chi connectivity index (χ2v) is 8.20. The van der Waals surface area contributed by atoms with E-state index < -0.39 is 0 Å². The van der Waals surface area contributed by atoms with E-state index in [2.05, 4.69) is 15.6 Å². The Kier molecular flexibility index (Phi) is 6.04. The molecule has 2 atom stereocenters. The van der Waals surface area contributed by atoms with Crippen LogP contribution in [0.25, 0.3) is 0 Å². The fourth-order valence-corrected chi connectivity index (χ4v) is 5.25. The van der Waals surface area contributed by atoms with Gasteiger partial charge in [-0.1, -0.05) is 0 Å². The minimum Gasteiger partial charge on any atom is -0.352 e. The molecule has 1 saturated carbocycles. The second kappa shape index (κ2) is 8.22. The highest BCUT2D eigenvalue weighted by Crippen LogP contribution is 2.23. The molecule has 2 aliphatic rings. The first-order chi connectivity index (χ1) is 10.8. The molecule has 0 aromatic carbocycles. The Bertz CT molecular complexity index is 478. The van der Waals surface area contributed by atoms with E-state index in [1.54, 1.807) is 12.4 Å². The molecule has 2 N–H and O–H groups in total. The van der Waals surface area contributed by atoms with Crippen molar-refractivity contribution in [1.29, 1.82) is 0 Å². The molecule has 4 nitrogen and oxygen atoms in total. The van der Waals surface area contributed by atoms with Crippen molar-refractivity contribution in [2.24, 2.45) is 0 Å². The lowest BCUT2D eigenvalue weighted by atomic mass is 9.85. The second-order valence-electron chi connectivity index (χ2n) is 5.90. The van der Waals surface area contributed by atoms with Crippen LogP contribution in [0.1, 0.15) is 18.4 Å². The van der Waals surface area contributed by atoms with Gasteiger partial charge in [-0.15, -0.1) is 0 Å². The average molecular weight is 338 g/mol. The van der Waals surface area contributed by atoms with Crippen LogP contribution >= 0.6 is 23.5 Å². The fourth-order valence-electron chi connectivity index (χ4n) is 2.83. The van der Waals surface area contributed by atoms with E-state index in [4.69, 9.17) is 0 Å². The third kappa shape index (κ3) is 4.64. The van der Waals surface area contributed by atoms with Crippen LogP contribution in [0.4, 0.5) is 0 Å². The summed E-state index contributed by atoms with van der Waals surface area (Å²) in [6.07, 6.45) is 6.18. The van der Waals surface area contributed by atoms with Gasteiger partial charge in [-0.2, -0.15) is 23.5 Å². The standard InChI is InChI=1S/C16H23N3OS2/c20-16(9-12-3-5-17-6-4-12)19-15-2-1-14(15)18-13-10-21-7-8-22-11-13/h3-6,13-15,18H,1-2,7-11H2,(H,19,20)/t14-,15+/m1/s1. The van der Waals surface area contributed by atoms with Crippen molar-refractivity contribution in [2.75, 3.05) is 23.0 Å². The van der Waals surface area contributed by atoms with Crippen LogP contribution in [0.3, 0.4) is 0 Å². The Morgan fingerprint density at radius 3 is 2.45 bits per heavy atom. The summed E-state index contributed by atoms with van der Waals surface area (Å²) < 4.78 is 0. The van der Waals surface area contributed by atoms with Crippen LogP contribution in [0.5, 0.6) is 0 Å². The first-order valence-corrected chi connectivity index (χ1v) is 10.2. The number of hydrogen-bond acceptors (Lipinski definition) is 5. The number of rotatable bonds is 5. The molecule has 120 valence electrons. The Hall–Kier alpha value is -0.720. The summed E-state index contributed by atoms with van der Waals surface area (Å²) in [5.41, 5.74) is 1.02. The van der Waals surface area contributed by atoms with E-state index in [1.807, 2.05) is 35.7 Å². The third-order valence-electron chi connectivity index (χ3n) is 4.19. The first kappa shape index (κ1) is 16.1. The molecule has 0 bridgehead atoms. The van der Waals surface area contributed by atoms with Gasteiger partial charge in [0.1, 0.15) is 0 Å². The monoisotopic (exact) mass is 337 g/mol. The van der Waals surface area contributed by atoms with Gasteiger partial charge in [0.05, 0.1) is 6.42 Å². The number of thioether (sulfide) groups is 2. The summed E-state index contributed by atoms with van der Waals surface area (Å²) in [5, 5.41) is 6.93. The molecule has 0 radical (unpaired) electrons. The van der Waals surface area contributed by atoms with Gasteiger partial charge in [0, 0.05) is 53.5 Å². The van der Waals surface area contributed by atoms with Gasteiger partial charge in [0.15, 0.2) is 0 Å². The minimum atomic E-state index is 0.118. The summed E-state index contributed by atoms with van der Waals surface area (Å²) in [7, 11) is 0. The molecule has 1 aliphatic carbocycles. The molecule has 6 heteroatoms. The Morgan fingerprint density at radius 1 is 1.14 bits per heavy atom. The van der Waals surface area contributed by atoms with Gasteiger partial charge in [0.2, 0.25) is 5.91 Å². The molecule has 0 unspecified atom stereocenters. The Labute approximate surface area is 140 Å². The molecule has 1 saturated heterocycles. The van der Waals surface area contributed by atoms with Gasteiger partial charge in [-0.25, -0.2) is 0 Å². The first-order valence-electron chi connectivity index (χ1n) is 7.91. The number of carbonyl (C=O) groups excluding carboxylic acids is 1. The number of pyridine rings is 1. The van der Waals surface area contributed by atoms with Gasteiger partial charge >= 0.3 is 0 Å². The van der Waals surface area contributed by atoms with Crippen molar-refractivity contribution in [3.63, 3.8) is 0 Å². The van der Waals surface area contributed by atoms with Crippen LogP contribution in [0.15, 0.2) is 24.5 Å². The van der Waals surface area contributed by atoms with Crippen LogP contribution in [0.2, 0.25) is 0 Å². The average Bonchev–Trinajstić information content (AvgIpc) is 2.79. The van der Waals surface area contributed by atoms with Crippen LogP contribution in [-0.4, -0.2) is 52.0 Å². The van der Waals surface area contributed by atoms with Crippen LogP contribution in [-0.2, 0) is 11.2 Å². The highest BCUT2D eigenvalue weighted by molar-refractivity contribution is 8.03. The molecule has 1 aromatic rings. The van der Waals surface area contributed by atoms with Gasteiger partial charge in [-0.05, 0) is 30.5 Å². The van der Waals surface area contributed by atoms with E-state index in [-0.39, 0.29) is 5.91 Å². The quantitative estimate of drug-likeness (QED) is 0.857. The van der Waals surface area contributed by atoms with E-state index in [9.17, 15) is 4.79 Å². The normalized spacial score (nSPS) is 26.0. The number of aromatic nitrogens is 1. The number of hydrogen-bond donors (Lipinski definition) is 2. The number of nitrogens with one attached hydrogen (secondary N) is 2. The van der Waals surface area contributed by atoms with Crippen LogP contribution in [0, 0.1) is 0 Å². The maximum absolute atomic E-state index is 12.1. The van der Waals surface area contributed by atoms with Crippen molar-refractivity contribution in [1.82, 2.24) is 15.6 Å². The molecule has 1 aliphatic heterocycles. The number of nitrogens with zero attached hydrogens (tertiary/aromatic N) is 1. The van der Waals surface area contributed by atoms with E-state index >= 15 is 0 Å². The summed E-state index contributed by atoms with van der Waals surface area (Å²) in [4.78, 5) is 16.1. The minimum absolute atomic E-state index is 0.118. The number of carbonyl (C=O) groups is 1. The zero-order valence-electron chi connectivity index (χ0n) is 12.7. The summed E-state index contributed by atoms with van der Waals surface area (Å²) in [5.74, 6) is 5.04. The largest absolute Gasteiger partial charge is 0.352 e. The maximum atomic E-state index is 12.1. The Balaban J connectivity index is 1.43. The topological polar surface area (TPSA) is 54.0 Å². The fraction of sp³-hybridized carbons (Fsp3) is 0.625. The Morgan fingerprint density at radius 2 is 1.82 bits per heavy atom. The van der Waals surface area contributed by atoms with Crippen molar-refractivity contribution in [3.05, 3.63) is 30.1 Å². The predicted molar refractivity (Wildman–Crippen MR) is 94.5 cm³/mol. The number of amides is 1. The molecule has 0 spiro atoms. The molecule has 1 aromatic heterocycles. The zero-order valence-corrected chi connectivity index (χ0v) is 14.3. The third-order valence-corrected chi connectivity index (χ3v) is 6.71. The highest BCUT2D eigenvalue weighted by Gasteiger charge is 2.33. The molecular weight excluding hydrogens is 314 g/mol. The SMILES string of the molecule is O=C(Cc1ccncc1)N[C@H]1CC[C@H]1NC1CSCCSC1. The van der Waals surface area contributed by atoms with E-state index in [0.29, 0.717) is 24.5 Å². The predicted octanol–water partition coefficient (Wildman–Crippen LogP) is 1.71. The van der Waals surface area contributed by atoms with Crippen molar-refractivity contribution < 1.29 is 4.79 Å². The summed E-state index contributed by atoms with van der Waals surface area (Å²) in [6.45, 7) is 0. The van der Waals surface area contributed by atoms with Gasteiger partial charge in [0.25, 0.3) is 0 Å². The molecule has 22 heavy (non-hydrogen) atoms. The summed E-state index contributed by atoms with van der Waals surface area (Å²) >= 11 is 4.08. The van der Waals surface area contributed by atoms with E-state index in [0.717, 1.165) is 12.0 Å². The van der Waals surface area contributed by atoms with Gasteiger partial charge < -0.3 is 10.6 Å². The smallest absolute Gasteiger partial charge is 0.224 e. The molecule has 2 fully saturated rings. The molecule has 3 rings (SSSR count). The van der Waals surface area contributed by atoms with Crippen molar-refractivity contribution in [2.45, 2.75) is 37.4 Å². The molecule has 1 amide bonds. The maximum Gasteiger partial charge on any atom is 0.224 e. The summed E-state index contributed by atoms with van der Waals surface area (Å²) in [6, 6.07) is 5.13. The van der Waals surface area contributed by atoms with Crippen molar-refractivity contribution >= 4 is 29.4 Å². The molecular formula is C16H23N3OS2. The lowest BCUT2D eigenvalue weighted by molar-refractivity contribution is -0.122. The van der Waals surface area contributed by atoms with E-state index in [1.165, 1.54) is 29.4 Å². The lowest BCUT2D eigenvalue weighted by Crippen LogP contribution is -2.59. The zero-order chi connectivity index (χ0) is 15.2. The van der Waals surface area contributed by atoms with Gasteiger partial charge in [-0.3, -0.25) is 9.78 Å². The van der Waals surface area contributed by atoms with Crippen LogP contribution < -0.4 is 10.6 Å². The lowest BCUT2D eigenvalue weighted by Gasteiger charge is -2.40. The molecule has 2 heterocycles.